The molecule has 114 valence electrons. The van der Waals surface area contributed by atoms with Crippen molar-refractivity contribution in [2.24, 2.45) is 0 Å². The third-order valence-corrected chi connectivity index (χ3v) is 3.29. The summed E-state index contributed by atoms with van der Waals surface area (Å²) in [7, 11) is 3.12. The maximum Gasteiger partial charge on any atom is 0.157 e. The van der Waals surface area contributed by atoms with E-state index in [1.165, 1.54) is 19.3 Å². The summed E-state index contributed by atoms with van der Waals surface area (Å²) in [5, 5.41) is 9.77. The molecule has 0 aromatic carbocycles. The van der Waals surface area contributed by atoms with Crippen LogP contribution in [0.5, 0.6) is 0 Å². The first-order valence-corrected chi connectivity index (χ1v) is 7.39. The van der Waals surface area contributed by atoms with Gasteiger partial charge in [-0.15, -0.1) is 0 Å². The van der Waals surface area contributed by atoms with Crippen LogP contribution in [-0.4, -0.2) is 37.5 Å². The van der Waals surface area contributed by atoms with E-state index in [-0.39, 0.29) is 18.5 Å². The summed E-state index contributed by atoms with van der Waals surface area (Å²) in [6, 6.07) is 0. The summed E-state index contributed by atoms with van der Waals surface area (Å²) in [5.74, 6) is 0.0835. The second kappa shape index (κ2) is 12.6. The number of ketones is 1. The number of ether oxygens (including phenoxy) is 2. The fourth-order valence-electron chi connectivity index (χ4n) is 2.06. The molecule has 0 amide bonds. The molecule has 0 fully saturated rings. The van der Waals surface area contributed by atoms with Crippen LogP contribution in [-0.2, 0) is 14.3 Å². The SMILES string of the molecule is CCCCCCC[C@@H](O)CC(=O)CCC(OC)OC. The Hall–Kier alpha value is -0.450. The van der Waals surface area contributed by atoms with Gasteiger partial charge in [-0.25, -0.2) is 0 Å². The number of carbonyl (C=O) groups excluding carboxylic acids is 1. The van der Waals surface area contributed by atoms with Crippen LogP contribution in [0.4, 0.5) is 0 Å². The molecule has 4 heteroatoms. The third kappa shape index (κ3) is 11.1. The molecule has 0 unspecified atom stereocenters. The van der Waals surface area contributed by atoms with Crippen LogP contribution >= 0.6 is 0 Å². The third-order valence-electron chi connectivity index (χ3n) is 3.29. The van der Waals surface area contributed by atoms with Crippen LogP contribution in [0.3, 0.4) is 0 Å². The first-order valence-electron chi connectivity index (χ1n) is 7.39. The van der Waals surface area contributed by atoms with Crippen LogP contribution < -0.4 is 0 Å². The predicted molar refractivity (Wildman–Crippen MR) is 76.0 cm³/mol. The van der Waals surface area contributed by atoms with Gasteiger partial charge in [-0.2, -0.15) is 0 Å². The highest BCUT2D eigenvalue weighted by Gasteiger charge is 2.13. The molecule has 19 heavy (non-hydrogen) atoms. The van der Waals surface area contributed by atoms with Crippen LogP contribution in [0, 0.1) is 0 Å². The minimum atomic E-state index is -0.488. The van der Waals surface area contributed by atoms with Crippen molar-refractivity contribution in [3.63, 3.8) is 0 Å². The topological polar surface area (TPSA) is 55.8 Å². The molecule has 1 N–H and O–H groups in total. The summed E-state index contributed by atoms with van der Waals surface area (Å²) in [6.45, 7) is 2.18. The maximum absolute atomic E-state index is 11.7. The minimum absolute atomic E-state index is 0.0835. The minimum Gasteiger partial charge on any atom is -0.393 e. The molecule has 0 aliphatic heterocycles. The fourth-order valence-corrected chi connectivity index (χ4v) is 2.06. The number of hydrogen-bond donors (Lipinski definition) is 1. The van der Waals surface area contributed by atoms with Gasteiger partial charge in [0.25, 0.3) is 0 Å². The van der Waals surface area contributed by atoms with Crippen molar-refractivity contribution >= 4 is 5.78 Å². The number of aliphatic hydroxyl groups is 1. The molecular weight excluding hydrogens is 244 g/mol. The smallest absolute Gasteiger partial charge is 0.157 e. The molecule has 4 nitrogen and oxygen atoms in total. The zero-order valence-electron chi connectivity index (χ0n) is 12.7. The molecule has 0 saturated carbocycles. The van der Waals surface area contributed by atoms with E-state index in [9.17, 15) is 9.90 Å². The highest BCUT2D eigenvalue weighted by molar-refractivity contribution is 5.78. The summed E-state index contributed by atoms with van der Waals surface area (Å²) in [6.07, 6.45) is 6.98. The highest BCUT2D eigenvalue weighted by Crippen LogP contribution is 2.11. The zero-order chi connectivity index (χ0) is 14.5. The average Bonchev–Trinajstić information content (AvgIpc) is 2.39. The van der Waals surface area contributed by atoms with Gasteiger partial charge >= 0.3 is 0 Å². The van der Waals surface area contributed by atoms with Gasteiger partial charge in [-0.05, 0) is 6.42 Å². The summed E-state index contributed by atoms with van der Waals surface area (Å²) in [5.41, 5.74) is 0. The van der Waals surface area contributed by atoms with Gasteiger partial charge in [0, 0.05) is 33.5 Å². The van der Waals surface area contributed by atoms with E-state index in [0.717, 1.165) is 19.3 Å². The molecular formula is C15H30O4. The van der Waals surface area contributed by atoms with Crippen molar-refractivity contribution in [3.8, 4) is 0 Å². The molecule has 0 aromatic rings. The van der Waals surface area contributed by atoms with Gasteiger partial charge in [0.2, 0.25) is 0 Å². The van der Waals surface area contributed by atoms with Gasteiger partial charge in [-0.1, -0.05) is 39.0 Å². The van der Waals surface area contributed by atoms with Crippen molar-refractivity contribution in [1.82, 2.24) is 0 Å². The van der Waals surface area contributed by atoms with Gasteiger partial charge in [0.15, 0.2) is 6.29 Å². The van der Waals surface area contributed by atoms with Crippen molar-refractivity contribution in [2.75, 3.05) is 14.2 Å². The first-order chi connectivity index (χ1) is 9.13. The van der Waals surface area contributed by atoms with Crippen molar-refractivity contribution < 1.29 is 19.4 Å². The van der Waals surface area contributed by atoms with E-state index in [4.69, 9.17) is 9.47 Å². The maximum atomic E-state index is 11.7. The van der Waals surface area contributed by atoms with Crippen molar-refractivity contribution in [2.45, 2.75) is 77.1 Å². The monoisotopic (exact) mass is 274 g/mol. The van der Waals surface area contributed by atoms with Gasteiger partial charge in [0.05, 0.1) is 6.10 Å². The van der Waals surface area contributed by atoms with Crippen LogP contribution in [0.1, 0.15) is 64.7 Å². The van der Waals surface area contributed by atoms with Crippen molar-refractivity contribution in [1.29, 1.82) is 0 Å². The van der Waals surface area contributed by atoms with Crippen molar-refractivity contribution in [3.05, 3.63) is 0 Å². The van der Waals surface area contributed by atoms with E-state index >= 15 is 0 Å². The zero-order valence-corrected chi connectivity index (χ0v) is 12.7. The lowest BCUT2D eigenvalue weighted by Gasteiger charge is -2.13. The summed E-state index contributed by atoms with van der Waals surface area (Å²) >= 11 is 0. The second-order valence-electron chi connectivity index (χ2n) is 5.04. The molecule has 0 heterocycles. The summed E-state index contributed by atoms with van der Waals surface area (Å²) < 4.78 is 10.0. The second-order valence-corrected chi connectivity index (χ2v) is 5.04. The van der Waals surface area contributed by atoms with E-state index in [2.05, 4.69) is 6.92 Å². The van der Waals surface area contributed by atoms with Gasteiger partial charge < -0.3 is 14.6 Å². The Labute approximate surface area is 117 Å². The molecule has 0 rings (SSSR count). The Bertz CT molecular complexity index is 214. The lowest BCUT2D eigenvalue weighted by molar-refractivity contribution is -0.128. The van der Waals surface area contributed by atoms with Crippen LogP contribution in [0.15, 0.2) is 0 Å². The van der Waals surface area contributed by atoms with Crippen LogP contribution in [0.25, 0.3) is 0 Å². The molecule has 0 radical (unpaired) electrons. The number of carbonyl (C=O) groups is 1. The van der Waals surface area contributed by atoms with E-state index in [1.807, 2.05) is 0 Å². The number of methoxy groups -OCH3 is 2. The van der Waals surface area contributed by atoms with Gasteiger partial charge in [-0.3, -0.25) is 4.79 Å². The van der Waals surface area contributed by atoms with E-state index in [1.54, 1.807) is 14.2 Å². The van der Waals surface area contributed by atoms with Gasteiger partial charge in [0.1, 0.15) is 5.78 Å². The normalized spacial score (nSPS) is 12.9. The average molecular weight is 274 g/mol. The Morgan fingerprint density at radius 1 is 1.05 bits per heavy atom. The quantitative estimate of drug-likeness (QED) is 0.414. The lowest BCUT2D eigenvalue weighted by atomic mass is 10.0. The standard InChI is InChI=1S/C15H30O4/c1-4-5-6-7-8-9-13(16)12-14(17)10-11-15(18-2)19-3/h13,15-16H,4-12H2,1-3H3/t13-/m1/s1. The number of hydrogen-bond acceptors (Lipinski definition) is 4. The Morgan fingerprint density at radius 3 is 2.26 bits per heavy atom. The fraction of sp³-hybridized carbons (Fsp3) is 0.933. The number of unbranched alkanes of at least 4 members (excludes halogenated alkanes) is 4. The number of Topliss-reactive ketones (excluding diaryl/α,β-unsaturated/α-hetero) is 1. The van der Waals surface area contributed by atoms with Crippen LogP contribution in [0.2, 0.25) is 0 Å². The van der Waals surface area contributed by atoms with E-state index in [0.29, 0.717) is 12.8 Å². The molecule has 0 saturated heterocycles. The summed E-state index contributed by atoms with van der Waals surface area (Å²) in [4.78, 5) is 11.7. The van der Waals surface area contributed by atoms with E-state index < -0.39 is 6.10 Å². The number of rotatable bonds is 13. The largest absolute Gasteiger partial charge is 0.393 e. The molecule has 0 aliphatic rings. The Morgan fingerprint density at radius 2 is 1.68 bits per heavy atom. The molecule has 0 bridgehead atoms. The number of aliphatic hydroxyl groups excluding tert-OH is 1. The molecule has 0 spiro atoms. The Balaban J connectivity index is 3.57. The molecule has 0 aromatic heterocycles. The lowest BCUT2D eigenvalue weighted by Crippen LogP contribution is -2.18. The highest BCUT2D eigenvalue weighted by atomic mass is 16.7. The first kappa shape index (κ1) is 18.6. The Kier molecular flexibility index (Phi) is 12.3. The molecule has 0 aliphatic carbocycles. The molecule has 1 atom stereocenters. The predicted octanol–water partition coefficient (Wildman–Crippen LogP) is 3.07.